The van der Waals surface area contributed by atoms with Gasteiger partial charge in [0.1, 0.15) is 17.6 Å². The minimum Gasteiger partial charge on any atom is -0.325 e. The Balaban J connectivity index is 1.46. The molecule has 2 aliphatic rings. The van der Waals surface area contributed by atoms with Gasteiger partial charge in [0.15, 0.2) is 0 Å². The minimum atomic E-state index is -0.825. The van der Waals surface area contributed by atoms with E-state index in [1.807, 2.05) is 13.8 Å². The largest absolute Gasteiger partial charge is 0.325 e. The number of benzene rings is 2. The summed E-state index contributed by atoms with van der Waals surface area (Å²) < 4.78 is 14.8. The highest BCUT2D eigenvalue weighted by molar-refractivity contribution is 8.00. The van der Waals surface area contributed by atoms with Crippen LogP contribution < -0.4 is 15.1 Å². The number of imide groups is 1. The fourth-order valence-electron chi connectivity index (χ4n) is 4.49. The van der Waals surface area contributed by atoms with E-state index in [1.54, 1.807) is 24.3 Å². The predicted octanol–water partition coefficient (Wildman–Crippen LogP) is 4.28. The molecule has 3 aromatic rings. The van der Waals surface area contributed by atoms with Crippen LogP contribution in [-0.2, 0) is 26.3 Å². The molecule has 7 nitrogen and oxygen atoms in total. The molecule has 1 fully saturated rings. The lowest BCUT2D eigenvalue weighted by atomic mass is 9.76. The highest BCUT2D eigenvalue weighted by Crippen LogP contribution is 2.54. The number of anilines is 2. The van der Waals surface area contributed by atoms with Gasteiger partial charge in [-0.25, -0.2) is 9.29 Å². The van der Waals surface area contributed by atoms with Gasteiger partial charge in [0, 0.05) is 21.0 Å². The summed E-state index contributed by atoms with van der Waals surface area (Å²) in [6.45, 7) is 3.42. The van der Waals surface area contributed by atoms with Crippen molar-refractivity contribution in [2.45, 2.75) is 36.1 Å². The second-order valence-electron chi connectivity index (χ2n) is 8.87. The zero-order valence-electron chi connectivity index (χ0n) is 18.6. The van der Waals surface area contributed by atoms with Gasteiger partial charge in [0.25, 0.3) is 0 Å². The molecule has 0 bridgehead atoms. The van der Waals surface area contributed by atoms with E-state index < -0.39 is 34.2 Å². The Hall–Kier alpha value is -2.95. The zero-order valence-corrected chi connectivity index (χ0v) is 21.0. The zero-order chi connectivity index (χ0) is 25.1. The maximum absolute atomic E-state index is 13.4. The minimum absolute atomic E-state index is 0.239. The molecule has 3 heterocycles. The number of nitrogens with zero attached hydrogens (tertiary/aromatic N) is 2. The summed E-state index contributed by atoms with van der Waals surface area (Å²) in [6.07, 6.45) is 0. The van der Waals surface area contributed by atoms with Crippen LogP contribution in [0.25, 0.3) is 0 Å². The predicted molar refractivity (Wildman–Crippen MR) is 134 cm³/mol. The fourth-order valence-corrected chi connectivity index (χ4v) is 7.65. The number of hydrogen-bond acceptors (Lipinski definition) is 6. The van der Waals surface area contributed by atoms with Crippen LogP contribution in [-0.4, -0.2) is 27.5 Å². The van der Waals surface area contributed by atoms with Gasteiger partial charge >= 0.3 is 4.87 Å². The second-order valence-corrected chi connectivity index (χ2v) is 11.4. The standard InChI is InChI=1S/C24H19ClFN3O4S2/c1-24(2)17-18(21(32)29(20(17)31)15-9-5-13(26)6-10-15)34-22-19(24)35-23(33)28(22)11-16(30)27-14-7-3-12(25)4-8-14/h3-10,17-18H,11H2,1-2H3,(H,27,30)/t17-,18+/m1/s1. The molecular formula is C24H19ClFN3O4S2. The van der Waals surface area contributed by atoms with E-state index >= 15 is 0 Å². The third-order valence-electron chi connectivity index (χ3n) is 6.22. The van der Waals surface area contributed by atoms with Gasteiger partial charge in [-0.3, -0.25) is 23.7 Å². The van der Waals surface area contributed by atoms with Crippen molar-refractivity contribution in [1.29, 1.82) is 0 Å². The summed E-state index contributed by atoms with van der Waals surface area (Å²) in [5.74, 6) is -2.39. The van der Waals surface area contributed by atoms with E-state index in [-0.39, 0.29) is 17.3 Å². The number of carbonyl (C=O) groups is 3. The molecule has 2 atom stereocenters. The van der Waals surface area contributed by atoms with Gasteiger partial charge in [0.05, 0.1) is 16.6 Å². The van der Waals surface area contributed by atoms with Gasteiger partial charge in [-0.05, 0) is 48.5 Å². The quantitative estimate of drug-likeness (QED) is 0.508. The average Bonchev–Trinajstić information content (AvgIpc) is 3.25. The van der Waals surface area contributed by atoms with Gasteiger partial charge in [0.2, 0.25) is 17.7 Å². The topological polar surface area (TPSA) is 88.5 Å². The molecule has 5 rings (SSSR count). The normalized spacial score (nSPS) is 20.5. The third kappa shape index (κ3) is 3.99. The highest BCUT2D eigenvalue weighted by atomic mass is 35.5. The summed E-state index contributed by atoms with van der Waals surface area (Å²) in [5, 5.41) is 3.01. The van der Waals surface area contributed by atoms with Crippen molar-refractivity contribution in [2.75, 3.05) is 10.2 Å². The van der Waals surface area contributed by atoms with Crippen LogP contribution in [0.2, 0.25) is 5.02 Å². The number of hydrogen-bond donors (Lipinski definition) is 1. The molecule has 2 aromatic carbocycles. The van der Waals surface area contributed by atoms with Crippen LogP contribution in [0.1, 0.15) is 18.7 Å². The van der Waals surface area contributed by atoms with E-state index in [9.17, 15) is 23.6 Å². The molecule has 2 aliphatic heterocycles. The Kier molecular flexibility index (Phi) is 5.85. The number of rotatable bonds is 4. The number of halogens is 2. The smallest absolute Gasteiger partial charge is 0.308 e. The number of nitrogens with one attached hydrogen (secondary N) is 1. The number of fused-ring (bicyclic) bond motifs is 2. The number of amides is 3. The summed E-state index contributed by atoms with van der Waals surface area (Å²) in [6, 6.07) is 11.8. The van der Waals surface area contributed by atoms with E-state index in [2.05, 4.69) is 5.32 Å². The molecule has 0 aliphatic carbocycles. The Labute approximate surface area is 212 Å². The fraction of sp³-hybridized carbons (Fsp3) is 0.250. The Morgan fingerprint density at radius 2 is 1.71 bits per heavy atom. The Bertz CT molecular complexity index is 1420. The summed E-state index contributed by atoms with van der Waals surface area (Å²) in [5.41, 5.74) is 0.0144. The van der Waals surface area contributed by atoms with E-state index in [4.69, 9.17) is 11.6 Å². The molecule has 0 saturated carbocycles. The van der Waals surface area contributed by atoms with Crippen molar-refractivity contribution in [3.63, 3.8) is 0 Å². The van der Waals surface area contributed by atoms with E-state index in [0.29, 0.717) is 26.3 Å². The van der Waals surface area contributed by atoms with Crippen LogP contribution >= 0.6 is 34.7 Å². The molecule has 0 spiro atoms. The maximum Gasteiger partial charge on any atom is 0.308 e. The lowest BCUT2D eigenvalue weighted by molar-refractivity contribution is -0.123. The van der Waals surface area contributed by atoms with Gasteiger partial charge < -0.3 is 5.32 Å². The molecule has 0 radical (unpaired) electrons. The summed E-state index contributed by atoms with van der Waals surface area (Å²) >= 11 is 8.00. The van der Waals surface area contributed by atoms with Crippen molar-refractivity contribution in [2.24, 2.45) is 5.92 Å². The lowest BCUT2D eigenvalue weighted by Gasteiger charge is -2.36. The average molecular weight is 532 g/mol. The van der Waals surface area contributed by atoms with Gasteiger partial charge in [-0.2, -0.15) is 0 Å². The first-order valence-electron chi connectivity index (χ1n) is 10.7. The summed E-state index contributed by atoms with van der Waals surface area (Å²) in [4.78, 5) is 53.8. The number of carbonyl (C=O) groups excluding carboxylic acids is 3. The van der Waals surface area contributed by atoms with Crippen molar-refractivity contribution in [3.8, 4) is 0 Å². The SMILES string of the molecule is CC1(C)c2sc(=O)n(CC(=O)Nc3ccc(Cl)cc3)c2S[C@@H]2C(=O)N(c3ccc(F)cc3)C(=O)[C@@H]21. The van der Waals surface area contributed by atoms with Crippen LogP contribution in [0.15, 0.2) is 58.4 Å². The number of thiazole rings is 1. The van der Waals surface area contributed by atoms with Crippen molar-refractivity contribution in [3.05, 3.63) is 73.9 Å². The van der Waals surface area contributed by atoms with Crippen molar-refractivity contribution in [1.82, 2.24) is 4.57 Å². The summed E-state index contributed by atoms with van der Waals surface area (Å²) in [7, 11) is 0. The van der Waals surface area contributed by atoms with Crippen LogP contribution in [0.3, 0.4) is 0 Å². The third-order valence-corrected chi connectivity index (χ3v) is 9.29. The van der Waals surface area contributed by atoms with Gasteiger partial charge in [-0.1, -0.05) is 48.5 Å². The first kappa shape index (κ1) is 23.8. The molecular weight excluding hydrogens is 513 g/mol. The lowest BCUT2D eigenvalue weighted by Crippen LogP contribution is -2.41. The molecule has 1 saturated heterocycles. The number of aromatic nitrogens is 1. The molecule has 180 valence electrons. The highest BCUT2D eigenvalue weighted by Gasteiger charge is 2.59. The van der Waals surface area contributed by atoms with Crippen LogP contribution in [0, 0.1) is 11.7 Å². The van der Waals surface area contributed by atoms with Crippen molar-refractivity contribution >= 4 is 63.8 Å². The Morgan fingerprint density at radius 3 is 2.37 bits per heavy atom. The van der Waals surface area contributed by atoms with E-state index in [1.165, 1.54) is 28.8 Å². The van der Waals surface area contributed by atoms with Crippen LogP contribution in [0.4, 0.5) is 15.8 Å². The molecule has 1 N–H and O–H groups in total. The molecule has 1 aromatic heterocycles. The first-order chi connectivity index (χ1) is 16.6. The number of thioether (sulfide) groups is 1. The monoisotopic (exact) mass is 531 g/mol. The van der Waals surface area contributed by atoms with E-state index in [0.717, 1.165) is 28.0 Å². The maximum atomic E-state index is 13.4. The van der Waals surface area contributed by atoms with Crippen LogP contribution in [0.5, 0.6) is 0 Å². The molecule has 3 amide bonds. The second kappa shape index (κ2) is 8.61. The van der Waals surface area contributed by atoms with Gasteiger partial charge in [-0.15, -0.1) is 0 Å². The van der Waals surface area contributed by atoms with Crippen molar-refractivity contribution < 1.29 is 18.8 Å². The Morgan fingerprint density at radius 1 is 1.06 bits per heavy atom. The molecule has 0 unspecified atom stereocenters. The molecule has 11 heteroatoms. The first-order valence-corrected chi connectivity index (χ1v) is 12.7. The molecule has 35 heavy (non-hydrogen) atoms.